The van der Waals surface area contributed by atoms with E-state index < -0.39 is 0 Å². The maximum atomic E-state index is 4.60. The van der Waals surface area contributed by atoms with Gasteiger partial charge in [-0.15, -0.1) is 0 Å². The van der Waals surface area contributed by atoms with Gasteiger partial charge in [0.2, 0.25) is 0 Å². The lowest BCUT2D eigenvalue weighted by molar-refractivity contribution is 0.712. The first-order chi connectivity index (χ1) is 8.83. The van der Waals surface area contributed by atoms with Crippen molar-refractivity contribution in [1.82, 2.24) is 10.3 Å². The quantitative estimate of drug-likeness (QED) is 0.885. The fourth-order valence-electron chi connectivity index (χ4n) is 2.15. The summed E-state index contributed by atoms with van der Waals surface area (Å²) in [6, 6.07) is 4.35. The van der Waals surface area contributed by atoms with Gasteiger partial charge in [-0.1, -0.05) is 19.9 Å². The van der Waals surface area contributed by atoms with Gasteiger partial charge in [0.25, 0.3) is 0 Å². The molecule has 2 rings (SSSR count). The number of aromatic nitrogens is 1. The van der Waals surface area contributed by atoms with Gasteiger partial charge in [0, 0.05) is 36.8 Å². The van der Waals surface area contributed by atoms with E-state index >= 15 is 0 Å². The van der Waals surface area contributed by atoms with Crippen molar-refractivity contribution in [2.24, 2.45) is 0 Å². The number of rotatable bonds is 5. The molecule has 1 saturated heterocycles. The monoisotopic (exact) mass is 265 g/mol. The van der Waals surface area contributed by atoms with Crippen molar-refractivity contribution in [3.8, 4) is 0 Å². The molecule has 0 saturated carbocycles. The molecule has 1 aromatic rings. The second-order valence-corrected chi connectivity index (χ2v) is 6.06. The highest BCUT2D eigenvalue weighted by molar-refractivity contribution is 8.00. The third kappa shape index (κ3) is 3.62. The molecule has 1 aliphatic rings. The van der Waals surface area contributed by atoms with Gasteiger partial charge in [-0.2, -0.15) is 11.8 Å². The minimum Gasteiger partial charge on any atom is -0.355 e. The van der Waals surface area contributed by atoms with Crippen LogP contribution in [0.25, 0.3) is 0 Å². The van der Waals surface area contributed by atoms with E-state index in [0.717, 1.165) is 37.2 Å². The molecule has 1 N–H and O–H groups in total. The van der Waals surface area contributed by atoms with Crippen LogP contribution in [0.15, 0.2) is 18.3 Å². The number of nitrogens with zero attached hydrogens (tertiary/aromatic N) is 2. The first-order valence-corrected chi connectivity index (χ1v) is 7.90. The summed E-state index contributed by atoms with van der Waals surface area (Å²) >= 11 is 2.10. The standard InChI is InChI=1S/C14H23N3S/c1-3-13-11-17(7-8-18-13)14-6-5-12(10-16-14)9-15-4-2/h5-6,10,13,15H,3-4,7-9,11H2,1-2H3. The molecule has 1 aromatic heterocycles. The molecule has 0 radical (unpaired) electrons. The predicted molar refractivity (Wildman–Crippen MR) is 80.4 cm³/mol. The Labute approximate surface area is 114 Å². The highest BCUT2D eigenvalue weighted by Crippen LogP contribution is 2.24. The Morgan fingerprint density at radius 2 is 2.33 bits per heavy atom. The van der Waals surface area contributed by atoms with Gasteiger partial charge in [0.1, 0.15) is 5.82 Å². The van der Waals surface area contributed by atoms with E-state index in [1.54, 1.807) is 0 Å². The number of anilines is 1. The summed E-state index contributed by atoms with van der Waals surface area (Å²) in [5, 5.41) is 4.09. The average Bonchev–Trinajstić information content (AvgIpc) is 2.46. The Hall–Kier alpha value is -0.740. The Morgan fingerprint density at radius 1 is 1.44 bits per heavy atom. The second-order valence-electron chi connectivity index (χ2n) is 4.65. The highest BCUT2D eigenvalue weighted by atomic mass is 32.2. The van der Waals surface area contributed by atoms with Crippen molar-refractivity contribution < 1.29 is 0 Å². The average molecular weight is 265 g/mol. The summed E-state index contributed by atoms with van der Waals surface area (Å²) in [7, 11) is 0. The van der Waals surface area contributed by atoms with Gasteiger partial charge < -0.3 is 10.2 Å². The van der Waals surface area contributed by atoms with Gasteiger partial charge in [0.15, 0.2) is 0 Å². The van der Waals surface area contributed by atoms with Crippen molar-refractivity contribution >= 4 is 17.6 Å². The molecular weight excluding hydrogens is 242 g/mol. The van der Waals surface area contributed by atoms with Gasteiger partial charge in [-0.3, -0.25) is 0 Å². The summed E-state index contributed by atoms with van der Waals surface area (Å²) in [5.41, 5.74) is 1.26. The summed E-state index contributed by atoms with van der Waals surface area (Å²) in [5.74, 6) is 2.35. The van der Waals surface area contributed by atoms with Crippen LogP contribution in [-0.4, -0.2) is 35.6 Å². The van der Waals surface area contributed by atoms with E-state index in [9.17, 15) is 0 Å². The topological polar surface area (TPSA) is 28.2 Å². The molecule has 4 heteroatoms. The molecule has 1 aliphatic heterocycles. The summed E-state index contributed by atoms with van der Waals surface area (Å²) in [6.45, 7) is 8.58. The first kappa shape index (κ1) is 13.7. The maximum Gasteiger partial charge on any atom is 0.128 e. The van der Waals surface area contributed by atoms with Crippen molar-refractivity contribution in [2.75, 3.05) is 30.3 Å². The van der Waals surface area contributed by atoms with Crippen molar-refractivity contribution in [3.63, 3.8) is 0 Å². The van der Waals surface area contributed by atoms with Gasteiger partial charge in [-0.25, -0.2) is 4.98 Å². The molecule has 0 aromatic carbocycles. The van der Waals surface area contributed by atoms with Crippen molar-refractivity contribution in [2.45, 2.75) is 32.1 Å². The molecule has 0 amide bonds. The first-order valence-electron chi connectivity index (χ1n) is 6.85. The van der Waals surface area contributed by atoms with Crippen LogP contribution >= 0.6 is 11.8 Å². The Kier molecular flexibility index (Phi) is 5.32. The summed E-state index contributed by atoms with van der Waals surface area (Å²) in [6.07, 6.45) is 3.25. The maximum absolute atomic E-state index is 4.60. The molecule has 0 bridgehead atoms. The zero-order chi connectivity index (χ0) is 12.8. The van der Waals surface area contributed by atoms with E-state index in [2.05, 4.69) is 52.9 Å². The Bertz CT molecular complexity index is 353. The number of thioether (sulfide) groups is 1. The fraction of sp³-hybridized carbons (Fsp3) is 0.643. The van der Waals surface area contributed by atoms with Crippen LogP contribution < -0.4 is 10.2 Å². The largest absolute Gasteiger partial charge is 0.355 e. The van der Waals surface area contributed by atoms with E-state index in [1.165, 1.54) is 17.7 Å². The third-order valence-electron chi connectivity index (χ3n) is 3.31. The third-order valence-corrected chi connectivity index (χ3v) is 4.68. The van der Waals surface area contributed by atoms with E-state index in [4.69, 9.17) is 0 Å². The smallest absolute Gasteiger partial charge is 0.128 e. The Balaban J connectivity index is 1.96. The molecule has 1 unspecified atom stereocenters. The number of hydrogen-bond donors (Lipinski definition) is 1. The molecule has 1 atom stereocenters. The van der Waals surface area contributed by atoms with Crippen molar-refractivity contribution in [3.05, 3.63) is 23.9 Å². The predicted octanol–water partition coefficient (Wildman–Crippen LogP) is 2.52. The Morgan fingerprint density at radius 3 is 3.00 bits per heavy atom. The molecule has 0 spiro atoms. The van der Waals surface area contributed by atoms with Crippen LogP contribution in [0.5, 0.6) is 0 Å². The fourth-order valence-corrected chi connectivity index (χ4v) is 3.33. The van der Waals surface area contributed by atoms with Crippen LogP contribution in [0.2, 0.25) is 0 Å². The molecule has 100 valence electrons. The minimum atomic E-state index is 0.766. The normalized spacial score (nSPS) is 20.1. The van der Waals surface area contributed by atoms with Crippen molar-refractivity contribution in [1.29, 1.82) is 0 Å². The van der Waals surface area contributed by atoms with Crippen LogP contribution in [0.3, 0.4) is 0 Å². The van der Waals surface area contributed by atoms with Crippen LogP contribution in [0.1, 0.15) is 25.8 Å². The lowest BCUT2D eigenvalue weighted by atomic mass is 10.2. The second kappa shape index (κ2) is 7.00. The lowest BCUT2D eigenvalue weighted by Crippen LogP contribution is -2.38. The van der Waals surface area contributed by atoms with Crippen LogP contribution in [0, 0.1) is 0 Å². The number of pyridine rings is 1. The van der Waals surface area contributed by atoms with Crippen LogP contribution in [0.4, 0.5) is 5.82 Å². The molecule has 18 heavy (non-hydrogen) atoms. The molecule has 3 nitrogen and oxygen atoms in total. The zero-order valence-corrected chi connectivity index (χ0v) is 12.2. The lowest BCUT2D eigenvalue weighted by Gasteiger charge is -2.32. The molecule has 2 heterocycles. The minimum absolute atomic E-state index is 0.766. The SMILES string of the molecule is CCNCc1ccc(N2CCSC(CC)C2)nc1. The number of hydrogen-bond acceptors (Lipinski definition) is 4. The van der Waals surface area contributed by atoms with Gasteiger partial charge in [-0.05, 0) is 24.6 Å². The summed E-state index contributed by atoms with van der Waals surface area (Å²) < 4.78 is 0. The zero-order valence-electron chi connectivity index (χ0n) is 11.4. The van der Waals surface area contributed by atoms with Gasteiger partial charge in [0.05, 0.1) is 0 Å². The van der Waals surface area contributed by atoms with E-state index in [1.807, 2.05) is 6.20 Å². The highest BCUT2D eigenvalue weighted by Gasteiger charge is 2.19. The number of nitrogens with one attached hydrogen (secondary N) is 1. The molecular formula is C14H23N3S. The van der Waals surface area contributed by atoms with Crippen LogP contribution in [-0.2, 0) is 6.54 Å². The van der Waals surface area contributed by atoms with Gasteiger partial charge >= 0.3 is 0 Å². The molecule has 0 aliphatic carbocycles. The summed E-state index contributed by atoms with van der Waals surface area (Å²) in [4.78, 5) is 7.02. The van der Waals surface area contributed by atoms with E-state index in [0.29, 0.717) is 0 Å². The van der Waals surface area contributed by atoms with E-state index in [-0.39, 0.29) is 0 Å². The molecule has 1 fully saturated rings.